The minimum absolute atomic E-state index is 0. The van der Waals surface area contributed by atoms with E-state index in [-0.39, 0.29) is 19.0 Å². The molecule has 108 valence electrons. The molecule has 3 nitrogen and oxygen atoms in total. The van der Waals surface area contributed by atoms with E-state index in [0.29, 0.717) is 6.61 Å². The van der Waals surface area contributed by atoms with Crippen molar-refractivity contribution in [1.29, 1.82) is 0 Å². The summed E-state index contributed by atoms with van der Waals surface area (Å²) in [6, 6.07) is 0. The lowest BCUT2D eigenvalue weighted by molar-refractivity contribution is -0.870. The standard InChI is InChI=1S/C8H18O.C5H14NO.ClH/c1-2-3-4-5-6-7-8-9;1-6(2,3)4-5-7;/h9H,2-8H2,1H3;7H,4-5H2,1-3H3;1H/q;+1;/p-1. The second-order valence-electron chi connectivity index (χ2n) is 5.23. The van der Waals surface area contributed by atoms with Crippen LogP contribution in [0.25, 0.3) is 0 Å². The number of unbranched alkanes of at least 4 members (excludes halogenated alkanes) is 5. The van der Waals surface area contributed by atoms with Gasteiger partial charge in [0, 0.05) is 6.61 Å². The van der Waals surface area contributed by atoms with Crippen LogP contribution < -0.4 is 12.4 Å². The van der Waals surface area contributed by atoms with Gasteiger partial charge >= 0.3 is 0 Å². The first-order chi connectivity index (χ1) is 7.47. The second-order valence-corrected chi connectivity index (χ2v) is 5.23. The number of likely N-dealkylation sites (N-methyl/N-ethyl adjacent to an activating group) is 1. The average molecular weight is 270 g/mol. The third-order valence-corrected chi connectivity index (χ3v) is 2.28. The molecular formula is C13H32ClNO2. The maximum Gasteiger partial charge on any atom is 0.101 e. The number of quaternary nitrogens is 1. The van der Waals surface area contributed by atoms with Crippen LogP contribution in [-0.2, 0) is 0 Å². The van der Waals surface area contributed by atoms with E-state index in [1.165, 1.54) is 32.1 Å². The highest BCUT2D eigenvalue weighted by molar-refractivity contribution is 4.41. The number of hydrogen-bond acceptors (Lipinski definition) is 2. The first-order valence-electron chi connectivity index (χ1n) is 6.50. The van der Waals surface area contributed by atoms with Crippen LogP contribution in [0.1, 0.15) is 45.4 Å². The van der Waals surface area contributed by atoms with E-state index >= 15 is 0 Å². The van der Waals surface area contributed by atoms with Gasteiger partial charge in [0.05, 0.1) is 27.7 Å². The van der Waals surface area contributed by atoms with Crippen molar-refractivity contribution in [1.82, 2.24) is 0 Å². The summed E-state index contributed by atoms with van der Waals surface area (Å²) in [4.78, 5) is 0. The average Bonchev–Trinajstić information content (AvgIpc) is 2.17. The van der Waals surface area contributed by atoms with Gasteiger partial charge in [-0.3, -0.25) is 0 Å². The Morgan fingerprint density at radius 3 is 1.53 bits per heavy atom. The molecule has 0 aliphatic carbocycles. The lowest BCUT2D eigenvalue weighted by Crippen LogP contribution is -3.00. The smallest absolute Gasteiger partial charge is 0.101 e. The fraction of sp³-hybridized carbons (Fsp3) is 1.00. The van der Waals surface area contributed by atoms with Crippen LogP contribution in [0.15, 0.2) is 0 Å². The Kier molecular flexibility index (Phi) is 21.3. The normalized spacial score (nSPS) is 10.2. The fourth-order valence-corrected chi connectivity index (χ4v) is 1.19. The summed E-state index contributed by atoms with van der Waals surface area (Å²) in [5.74, 6) is 0. The molecule has 0 aliphatic heterocycles. The largest absolute Gasteiger partial charge is 1.00 e. The summed E-state index contributed by atoms with van der Waals surface area (Å²) in [7, 11) is 6.16. The topological polar surface area (TPSA) is 40.5 Å². The summed E-state index contributed by atoms with van der Waals surface area (Å²) in [6.07, 6.45) is 7.50. The number of nitrogens with zero attached hydrogens (tertiary/aromatic N) is 1. The molecular weight excluding hydrogens is 238 g/mol. The molecule has 0 saturated carbocycles. The number of halogens is 1. The number of aliphatic hydroxyl groups excluding tert-OH is 2. The SMILES string of the molecule is CCCCCCCCO.C[N+](C)(C)CCO.[Cl-]. The molecule has 0 rings (SSSR count). The van der Waals surface area contributed by atoms with Crippen molar-refractivity contribution in [3.05, 3.63) is 0 Å². The zero-order chi connectivity index (χ0) is 12.9. The third kappa shape index (κ3) is 31.4. The summed E-state index contributed by atoms with van der Waals surface area (Å²) in [5, 5.41) is 16.8. The summed E-state index contributed by atoms with van der Waals surface area (Å²) in [5.41, 5.74) is 0. The molecule has 0 aromatic rings. The number of rotatable bonds is 8. The second kappa shape index (κ2) is 16.2. The Bertz CT molecular complexity index is 121. The van der Waals surface area contributed by atoms with Crippen LogP contribution >= 0.6 is 0 Å². The van der Waals surface area contributed by atoms with Crippen molar-refractivity contribution >= 4 is 0 Å². The molecule has 2 N–H and O–H groups in total. The minimum Gasteiger partial charge on any atom is -1.00 e. The van der Waals surface area contributed by atoms with E-state index in [0.717, 1.165) is 17.4 Å². The van der Waals surface area contributed by atoms with Gasteiger partial charge in [0.1, 0.15) is 6.54 Å². The van der Waals surface area contributed by atoms with Crippen LogP contribution in [-0.4, -0.2) is 55.6 Å². The van der Waals surface area contributed by atoms with Gasteiger partial charge in [-0.1, -0.05) is 39.0 Å². The van der Waals surface area contributed by atoms with E-state index in [4.69, 9.17) is 10.2 Å². The molecule has 0 aromatic carbocycles. The maximum absolute atomic E-state index is 8.42. The van der Waals surface area contributed by atoms with E-state index in [1.807, 2.05) is 0 Å². The van der Waals surface area contributed by atoms with E-state index in [9.17, 15) is 0 Å². The Labute approximate surface area is 114 Å². The summed E-state index contributed by atoms with van der Waals surface area (Å²) >= 11 is 0. The predicted octanol–water partition coefficient (Wildman–Crippen LogP) is -0.972. The molecule has 0 heterocycles. The van der Waals surface area contributed by atoms with Gasteiger partial charge in [-0.05, 0) is 6.42 Å². The lowest BCUT2D eigenvalue weighted by atomic mass is 10.1. The molecule has 0 bridgehead atoms. The molecule has 0 amide bonds. The number of aliphatic hydroxyl groups is 2. The molecule has 0 fully saturated rings. The Morgan fingerprint density at radius 2 is 1.24 bits per heavy atom. The zero-order valence-electron chi connectivity index (χ0n) is 12.1. The first-order valence-corrected chi connectivity index (χ1v) is 6.50. The minimum atomic E-state index is 0. The monoisotopic (exact) mass is 269 g/mol. The zero-order valence-corrected chi connectivity index (χ0v) is 12.8. The molecule has 0 atom stereocenters. The van der Waals surface area contributed by atoms with Crippen LogP contribution in [0.3, 0.4) is 0 Å². The van der Waals surface area contributed by atoms with Crippen LogP contribution in [0, 0.1) is 0 Å². The molecule has 0 saturated heterocycles. The van der Waals surface area contributed by atoms with Gasteiger partial charge in [-0.2, -0.15) is 0 Å². The van der Waals surface area contributed by atoms with Crippen molar-refractivity contribution in [2.24, 2.45) is 0 Å². The van der Waals surface area contributed by atoms with Crippen molar-refractivity contribution in [3.8, 4) is 0 Å². The molecule has 17 heavy (non-hydrogen) atoms. The van der Waals surface area contributed by atoms with E-state index in [1.54, 1.807) is 0 Å². The Hall–Kier alpha value is 0.170. The van der Waals surface area contributed by atoms with Crippen LogP contribution in [0.5, 0.6) is 0 Å². The highest BCUT2D eigenvalue weighted by atomic mass is 35.5. The van der Waals surface area contributed by atoms with Crippen molar-refractivity contribution < 1.29 is 27.1 Å². The van der Waals surface area contributed by atoms with Gasteiger partial charge < -0.3 is 27.1 Å². The maximum atomic E-state index is 8.42. The van der Waals surface area contributed by atoms with Gasteiger partial charge in [0.15, 0.2) is 0 Å². The fourth-order valence-electron chi connectivity index (χ4n) is 1.19. The quantitative estimate of drug-likeness (QED) is 0.440. The predicted molar refractivity (Wildman–Crippen MR) is 70.4 cm³/mol. The molecule has 4 heteroatoms. The van der Waals surface area contributed by atoms with Crippen molar-refractivity contribution in [2.45, 2.75) is 45.4 Å². The molecule has 0 aromatic heterocycles. The van der Waals surface area contributed by atoms with E-state index in [2.05, 4.69) is 28.1 Å². The van der Waals surface area contributed by atoms with E-state index < -0.39 is 0 Å². The van der Waals surface area contributed by atoms with Gasteiger partial charge in [0.2, 0.25) is 0 Å². The van der Waals surface area contributed by atoms with Crippen LogP contribution in [0.4, 0.5) is 0 Å². The van der Waals surface area contributed by atoms with Gasteiger partial charge in [-0.25, -0.2) is 0 Å². The van der Waals surface area contributed by atoms with Crippen molar-refractivity contribution in [3.63, 3.8) is 0 Å². The van der Waals surface area contributed by atoms with Crippen molar-refractivity contribution in [2.75, 3.05) is 40.9 Å². The molecule has 0 radical (unpaired) electrons. The van der Waals surface area contributed by atoms with Gasteiger partial charge in [-0.15, -0.1) is 0 Å². The lowest BCUT2D eigenvalue weighted by Gasteiger charge is -2.21. The Morgan fingerprint density at radius 1 is 0.765 bits per heavy atom. The molecule has 0 unspecified atom stereocenters. The summed E-state index contributed by atoms with van der Waals surface area (Å²) < 4.78 is 0.844. The highest BCUT2D eigenvalue weighted by Gasteiger charge is 2.02. The summed E-state index contributed by atoms with van der Waals surface area (Å²) in [6.45, 7) is 3.70. The first kappa shape index (κ1) is 22.4. The molecule has 0 spiro atoms. The molecule has 0 aliphatic rings. The highest BCUT2D eigenvalue weighted by Crippen LogP contribution is 2.03. The van der Waals surface area contributed by atoms with Gasteiger partial charge in [0.25, 0.3) is 0 Å². The van der Waals surface area contributed by atoms with Crippen LogP contribution in [0.2, 0.25) is 0 Å². The Balaban J connectivity index is -0.000000224. The third-order valence-electron chi connectivity index (χ3n) is 2.28. The number of hydrogen-bond donors (Lipinski definition) is 2.